The van der Waals surface area contributed by atoms with Crippen LogP contribution in [-0.2, 0) is 6.54 Å². The minimum Gasteiger partial charge on any atom is -0.315 e. The van der Waals surface area contributed by atoms with Crippen LogP contribution in [0.2, 0.25) is 0 Å². The fourth-order valence-corrected chi connectivity index (χ4v) is 2.26. The summed E-state index contributed by atoms with van der Waals surface area (Å²) in [5.74, 6) is -0.166. The van der Waals surface area contributed by atoms with E-state index in [0.29, 0.717) is 6.04 Å². The largest absolute Gasteiger partial charge is 0.315 e. The van der Waals surface area contributed by atoms with Crippen LogP contribution in [0.25, 0.3) is 0 Å². The maximum atomic E-state index is 12.9. The van der Waals surface area contributed by atoms with Crippen molar-refractivity contribution < 1.29 is 4.39 Å². The van der Waals surface area contributed by atoms with Crippen molar-refractivity contribution in [3.63, 3.8) is 0 Å². The van der Waals surface area contributed by atoms with Crippen LogP contribution in [0.1, 0.15) is 38.7 Å². The van der Waals surface area contributed by atoms with Crippen molar-refractivity contribution in [2.24, 2.45) is 0 Å². The summed E-state index contributed by atoms with van der Waals surface area (Å²) < 4.78 is 12.9. The zero-order chi connectivity index (χ0) is 14.1. The van der Waals surface area contributed by atoms with Gasteiger partial charge in [-0.15, -0.1) is 0 Å². The average molecular weight is 266 g/mol. The Bertz CT molecular complexity index is 337. The van der Waals surface area contributed by atoms with Gasteiger partial charge in [0.15, 0.2) is 0 Å². The van der Waals surface area contributed by atoms with Crippen molar-refractivity contribution in [1.82, 2.24) is 10.2 Å². The number of hydrogen-bond donors (Lipinski definition) is 1. The van der Waals surface area contributed by atoms with E-state index < -0.39 is 0 Å². The van der Waals surface area contributed by atoms with Gasteiger partial charge in [-0.2, -0.15) is 0 Å². The number of likely N-dealkylation sites (N-methyl/N-ethyl adjacent to an activating group) is 1. The van der Waals surface area contributed by atoms with E-state index in [1.165, 1.54) is 37.0 Å². The highest BCUT2D eigenvalue weighted by molar-refractivity contribution is 5.15. The van der Waals surface area contributed by atoms with Gasteiger partial charge in [0.2, 0.25) is 0 Å². The lowest BCUT2D eigenvalue weighted by atomic mass is 10.1. The molecule has 108 valence electrons. The highest BCUT2D eigenvalue weighted by Crippen LogP contribution is 2.11. The van der Waals surface area contributed by atoms with E-state index in [0.717, 1.165) is 19.6 Å². The molecule has 2 nitrogen and oxygen atoms in total. The minimum absolute atomic E-state index is 0.166. The van der Waals surface area contributed by atoms with Crippen molar-refractivity contribution in [1.29, 1.82) is 0 Å². The van der Waals surface area contributed by atoms with Crippen molar-refractivity contribution >= 4 is 0 Å². The zero-order valence-electron chi connectivity index (χ0n) is 12.5. The average Bonchev–Trinajstić information content (AvgIpc) is 2.40. The minimum atomic E-state index is -0.166. The molecule has 0 aromatic heterocycles. The van der Waals surface area contributed by atoms with Crippen LogP contribution in [0.15, 0.2) is 24.3 Å². The Hall–Kier alpha value is -0.930. The van der Waals surface area contributed by atoms with Crippen molar-refractivity contribution in [2.75, 3.05) is 20.1 Å². The molecule has 1 N–H and O–H groups in total. The Morgan fingerprint density at radius 1 is 1.16 bits per heavy atom. The number of halogens is 1. The topological polar surface area (TPSA) is 15.3 Å². The van der Waals surface area contributed by atoms with Crippen molar-refractivity contribution in [2.45, 2.75) is 45.7 Å². The lowest BCUT2D eigenvalue weighted by Gasteiger charge is -2.28. The molecule has 0 heterocycles. The standard InChI is InChI=1S/C16H27FN2/c1-4-6-16(12-18-11-5-2)19(3)13-14-7-9-15(17)10-8-14/h7-10,16,18H,4-6,11-13H2,1-3H3. The first kappa shape index (κ1) is 16.1. The molecule has 1 unspecified atom stereocenters. The molecule has 1 rings (SSSR count). The van der Waals surface area contributed by atoms with Crippen LogP contribution < -0.4 is 5.32 Å². The second-order valence-electron chi connectivity index (χ2n) is 5.19. The quantitative estimate of drug-likeness (QED) is 0.689. The second-order valence-corrected chi connectivity index (χ2v) is 5.19. The number of benzene rings is 1. The Morgan fingerprint density at radius 2 is 1.84 bits per heavy atom. The molecule has 0 fully saturated rings. The number of nitrogens with zero attached hydrogens (tertiary/aromatic N) is 1. The molecule has 0 saturated carbocycles. The van der Waals surface area contributed by atoms with Gasteiger partial charge in [0.1, 0.15) is 5.82 Å². The van der Waals surface area contributed by atoms with Gasteiger partial charge in [0.05, 0.1) is 0 Å². The number of hydrogen-bond acceptors (Lipinski definition) is 2. The molecule has 0 saturated heterocycles. The van der Waals surface area contributed by atoms with Crippen LogP contribution >= 0.6 is 0 Å². The fourth-order valence-electron chi connectivity index (χ4n) is 2.26. The molecule has 0 aliphatic rings. The summed E-state index contributed by atoms with van der Waals surface area (Å²) in [5.41, 5.74) is 1.17. The Kier molecular flexibility index (Phi) is 7.68. The Morgan fingerprint density at radius 3 is 2.42 bits per heavy atom. The molecule has 0 aliphatic carbocycles. The molecule has 3 heteroatoms. The van der Waals surface area contributed by atoms with Crippen LogP contribution in [0.4, 0.5) is 4.39 Å². The molecule has 1 aromatic carbocycles. The summed E-state index contributed by atoms with van der Waals surface area (Å²) in [5, 5.41) is 3.49. The normalized spacial score (nSPS) is 12.9. The molecule has 0 bridgehead atoms. The van der Waals surface area contributed by atoms with Crippen LogP contribution in [0.5, 0.6) is 0 Å². The first-order chi connectivity index (χ1) is 9.17. The smallest absolute Gasteiger partial charge is 0.123 e. The third-order valence-electron chi connectivity index (χ3n) is 3.40. The molecule has 1 atom stereocenters. The summed E-state index contributed by atoms with van der Waals surface area (Å²) in [6.45, 7) is 7.38. The van der Waals surface area contributed by atoms with Crippen LogP contribution in [-0.4, -0.2) is 31.1 Å². The fraction of sp³-hybridized carbons (Fsp3) is 0.625. The summed E-state index contributed by atoms with van der Waals surface area (Å²) in [7, 11) is 2.15. The predicted octanol–water partition coefficient (Wildman–Crippen LogP) is 3.43. The SMILES string of the molecule is CCCNCC(CCC)N(C)Cc1ccc(F)cc1. The summed E-state index contributed by atoms with van der Waals surface area (Å²) >= 11 is 0. The van der Waals surface area contributed by atoms with Gasteiger partial charge in [0, 0.05) is 19.1 Å². The summed E-state index contributed by atoms with van der Waals surface area (Å²) in [6, 6.07) is 7.35. The van der Waals surface area contributed by atoms with Gasteiger partial charge in [-0.1, -0.05) is 32.4 Å². The van der Waals surface area contributed by atoms with E-state index >= 15 is 0 Å². The lowest BCUT2D eigenvalue weighted by molar-refractivity contribution is 0.215. The maximum absolute atomic E-state index is 12.9. The van der Waals surface area contributed by atoms with Crippen molar-refractivity contribution in [3.05, 3.63) is 35.6 Å². The van der Waals surface area contributed by atoms with E-state index in [9.17, 15) is 4.39 Å². The van der Waals surface area contributed by atoms with Gasteiger partial charge in [-0.3, -0.25) is 4.90 Å². The van der Waals surface area contributed by atoms with Gasteiger partial charge in [0.25, 0.3) is 0 Å². The molecule has 0 spiro atoms. The van der Waals surface area contributed by atoms with E-state index in [1.807, 2.05) is 12.1 Å². The van der Waals surface area contributed by atoms with E-state index in [1.54, 1.807) is 0 Å². The zero-order valence-corrected chi connectivity index (χ0v) is 12.5. The van der Waals surface area contributed by atoms with Crippen LogP contribution in [0, 0.1) is 5.82 Å². The molecular formula is C16H27FN2. The Balaban J connectivity index is 2.50. The van der Waals surface area contributed by atoms with Crippen molar-refractivity contribution in [3.8, 4) is 0 Å². The summed E-state index contributed by atoms with van der Waals surface area (Å²) in [4.78, 5) is 2.36. The van der Waals surface area contributed by atoms with Gasteiger partial charge >= 0.3 is 0 Å². The maximum Gasteiger partial charge on any atom is 0.123 e. The summed E-state index contributed by atoms with van der Waals surface area (Å²) in [6.07, 6.45) is 3.54. The lowest BCUT2D eigenvalue weighted by Crippen LogP contribution is -2.39. The second kappa shape index (κ2) is 9.05. The van der Waals surface area contributed by atoms with E-state index in [-0.39, 0.29) is 5.82 Å². The molecule has 1 aromatic rings. The highest BCUT2D eigenvalue weighted by Gasteiger charge is 2.13. The first-order valence-electron chi connectivity index (χ1n) is 7.32. The Labute approximate surface area is 117 Å². The van der Waals surface area contributed by atoms with Gasteiger partial charge < -0.3 is 5.32 Å². The molecule has 0 radical (unpaired) electrons. The number of rotatable bonds is 9. The van der Waals surface area contributed by atoms with Crippen LogP contribution in [0.3, 0.4) is 0 Å². The number of nitrogens with one attached hydrogen (secondary N) is 1. The van der Waals surface area contributed by atoms with E-state index in [4.69, 9.17) is 0 Å². The van der Waals surface area contributed by atoms with Gasteiger partial charge in [-0.05, 0) is 44.1 Å². The molecule has 19 heavy (non-hydrogen) atoms. The predicted molar refractivity (Wildman–Crippen MR) is 79.7 cm³/mol. The molecule has 0 amide bonds. The van der Waals surface area contributed by atoms with E-state index in [2.05, 4.69) is 31.1 Å². The third-order valence-corrected chi connectivity index (χ3v) is 3.40. The highest BCUT2D eigenvalue weighted by atomic mass is 19.1. The first-order valence-corrected chi connectivity index (χ1v) is 7.32. The molecule has 0 aliphatic heterocycles. The molecular weight excluding hydrogens is 239 g/mol. The van der Waals surface area contributed by atoms with Gasteiger partial charge in [-0.25, -0.2) is 4.39 Å². The third kappa shape index (κ3) is 6.17. The monoisotopic (exact) mass is 266 g/mol.